The topological polar surface area (TPSA) is 77.8 Å². The summed E-state index contributed by atoms with van der Waals surface area (Å²) in [4.78, 5) is 12.9. The molecule has 0 aromatic heterocycles. The van der Waals surface area contributed by atoms with Gasteiger partial charge in [0.15, 0.2) is 0 Å². The van der Waals surface area contributed by atoms with Crippen LogP contribution in [-0.2, 0) is 10.2 Å². The van der Waals surface area contributed by atoms with E-state index in [1.54, 1.807) is 12.1 Å². The lowest BCUT2D eigenvalue weighted by Gasteiger charge is -2.43. The maximum atomic E-state index is 11.7. The second kappa shape index (κ2) is 13.6. The second-order valence-electron chi connectivity index (χ2n) is 11.5. The van der Waals surface area contributed by atoms with E-state index in [0.717, 1.165) is 57.1 Å². The number of hydrogen-bond acceptors (Lipinski definition) is 4. The van der Waals surface area contributed by atoms with E-state index in [-0.39, 0.29) is 5.41 Å². The van der Waals surface area contributed by atoms with E-state index in [2.05, 4.69) is 32.0 Å². The third-order valence-electron chi connectivity index (χ3n) is 8.52. The molecule has 0 radical (unpaired) electrons. The zero-order valence-electron chi connectivity index (χ0n) is 23.0. The minimum atomic E-state index is -0.641. The van der Waals surface area contributed by atoms with Gasteiger partial charge in [0.1, 0.15) is 11.5 Å². The molecule has 204 valence electrons. The molecule has 1 aliphatic heterocycles. The van der Waals surface area contributed by atoms with Crippen molar-refractivity contribution in [3.8, 4) is 11.5 Å². The molecular formula is C32H46O4S. The van der Waals surface area contributed by atoms with E-state index >= 15 is 0 Å². The number of thioether (sulfide) groups is 1. The number of unbranched alkanes of at least 4 members (excludes halogenated alkanes) is 7. The molecule has 2 aromatic carbocycles. The lowest BCUT2D eigenvalue weighted by Crippen LogP contribution is -2.36. The average molecular weight is 527 g/mol. The summed E-state index contributed by atoms with van der Waals surface area (Å²) in [6.07, 6.45) is 12.8. The fourth-order valence-corrected chi connectivity index (χ4v) is 7.27. The second-order valence-corrected chi connectivity index (χ2v) is 12.5. The number of benzene rings is 2. The van der Waals surface area contributed by atoms with Crippen molar-refractivity contribution in [3.05, 3.63) is 53.6 Å². The van der Waals surface area contributed by atoms with Gasteiger partial charge in [-0.3, -0.25) is 4.79 Å². The maximum Gasteiger partial charge on any atom is 0.309 e. The number of aliphatic carboxylic acids is 1. The van der Waals surface area contributed by atoms with Crippen LogP contribution in [0.5, 0.6) is 11.5 Å². The fourth-order valence-electron chi connectivity index (χ4n) is 5.86. The Morgan fingerprint density at radius 1 is 0.919 bits per heavy atom. The average Bonchev–Trinajstić information content (AvgIpc) is 2.87. The molecule has 1 aliphatic rings. The monoisotopic (exact) mass is 526 g/mol. The van der Waals surface area contributed by atoms with Crippen molar-refractivity contribution in [3.63, 3.8) is 0 Å². The Labute approximate surface area is 227 Å². The molecule has 3 atom stereocenters. The van der Waals surface area contributed by atoms with E-state index < -0.39 is 11.4 Å². The van der Waals surface area contributed by atoms with Gasteiger partial charge in [-0.1, -0.05) is 89.8 Å². The van der Waals surface area contributed by atoms with Crippen LogP contribution in [0.25, 0.3) is 0 Å². The first-order chi connectivity index (χ1) is 17.7. The summed E-state index contributed by atoms with van der Waals surface area (Å²) in [6, 6.07) is 13.5. The Kier molecular flexibility index (Phi) is 10.8. The lowest BCUT2D eigenvalue weighted by atomic mass is 9.68. The lowest BCUT2D eigenvalue weighted by molar-refractivity contribution is -0.149. The van der Waals surface area contributed by atoms with E-state index in [0.29, 0.717) is 17.4 Å². The Morgan fingerprint density at radius 3 is 2.16 bits per heavy atom. The fraction of sp³-hybridized carbons (Fsp3) is 0.594. The summed E-state index contributed by atoms with van der Waals surface area (Å²) in [7, 11) is 0. The molecular weight excluding hydrogens is 480 g/mol. The highest BCUT2D eigenvalue weighted by Crippen LogP contribution is 2.52. The van der Waals surface area contributed by atoms with Gasteiger partial charge in [0.2, 0.25) is 0 Å². The number of carbonyl (C=O) groups is 1. The third kappa shape index (κ3) is 7.69. The van der Waals surface area contributed by atoms with Crippen LogP contribution in [-0.4, -0.2) is 27.0 Å². The molecule has 0 saturated carbocycles. The highest BCUT2D eigenvalue weighted by atomic mass is 32.2. The highest BCUT2D eigenvalue weighted by molar-refractivity contribution is 7.99. The van der Waals surface area contributed by atoms with Gasteiger partial charge in [-0.2, -0.15) is 0 Å². The van der Waals surface area contributed by atoms with Crippen LogP contribution < -0.4 is 0 Å². The molecule has 3 rings (SSSR count). The van der Waals surface area contributed by atoms with Crippen LogP contribution >= 0.6 is 11.8 Å². The van der Waals surface area contributed by atoms with Crippen molar-refractivity contribution in [2.24, 2.45) is 5.41 Å². The number of aromatic hydroxyl groups is 2. The Balaban J connectivity index is 1.49. The molecule has 0 spiro atoms. The highest BCUT2D eigenvalue weighted by Gasteiger charge is 2.41. The van der Waals surface area contributed by atoms with Crippen LogP contribution in [0.2, 0.25) is 0 Å². The van der Waals surface area contributed by atoms with Gasteiger partial charge in [-0.15, -0.1) is 11.8 Å². The molecule has 5 heteroatoms. The normalized spacial score (nSPS) is 20.8. The summed E-state index contributed by atoms with van der Waals surface area (Å²) in [5.41, 5.74) is 1.99. The van der Waals surface area contributed by atoms with E-state index in [9.17, 15) is 20.1 Å². The first kappa shape index (κ1) is 29.4. The quantitative estimate of drug-likeness (QED) is 0.202. The van der Waals surface area contributed by atoms with Crippen LogP contribution in [0.15, 0.2) is 47.4 Å². The smallest absolute Gasteiger partial charge is 0.309 e. The summed E-state index contributed by atoms with van der Waals surface area (Å²) in [6.45, 7) is 6.38. The molecule has 3 N–H and O–H groups in total. The number of carboxylic acids is 1. The van der Waals surface area contributed by atoms with Crippen molar-refractivity contribution in [1.82, 2.24) is 0 Å². The molecule has 2 aromatic rings. The Hall–Kier alpha value is -2.14. The molecule has 37 heavy (non-hydrogen) atoms. The molecule has 0 saturated heterocycles. The van der Waals surface area contributed by atoms with Gasteiger partial charge in [-0.25, -0.2) is 0 Å². The van der Waals surface area contributed by atoms with E-state index in [1.165, 1.54) is 41.7 Å². The van der Waals surface area contributed by atoms with Crippen molar-refractivity contribution in [1.29, 1.82) is 0 Å². The summed E-state index contributed by atoms with van der Waals surface area (Å²) in [5, 5.41) is 29.5. The molecule has 0 fully saturated rings. The first-order valence-corrected chi connectivity index (χ1v) is 15.2. The van der Waals surface area contributed by atoms with E-state index in [1.807, 2.05) is 30.8 Å². The van der Waals surface area contributed by atoms with E-state index in [4.69, 9.17) is 0 Å². The largest absolute Gasteiger partial charge is 0.508 e. The maximum absolute atomic E-state index is 11.7. The van der Waals surface area contributed by atoms with Crippen molar-refractivity contribution in [2.45, 2.75) is 114 Å². The minimum absolute atomic E-state index is 0.0308. The van der Waals surface area contributed by atoms with Gasteiger partial charge >= 0.3 is 5.97 Å². The molecule has 4 nitrogen and oxygen atoms in total. The first-order valence-electron chi connectivity index (χ1n) is 14.2. The number of phenolic OH excluding ortho intramolecular Hbond substituents is 2. The van der Waals surface area contributed by atoms with Crippen molar-refractivity contribution in [2.75, 3.05) is 5.75 Å². The minimum Gasteiger partial charge on any atom is -0.508 e. The van der Waals surface area contributed by atoms with Gasteiger partial charge in [-0.05, 0) is 67.5 Å². The molecule has 0 aliphatic carbocycles. The van der Waals surface area contributed by atoms with Crippen LogP contribution in [0, 0.1) is 5.41 Å². The van der Waals surface area contributed by atoms with Crippen LogP contribution in [0.3, 0.4) is 0 Å². The Morgan fingerprint density at radius 2 is 1.51 bits per heavy atom. The molecule has 1 heterocycles. The zero-order chi connectivity index (χ0) is 26.9. The Bertz CT molecular complexity index is 1000. The number of fused-ring (bicyclic) bond motifs is 1. The number of hydrogen-bond donors (Lipinski definition) is 3. The van der Waals surface area contributed by atoms with Crippen molar-refractivity contribution >= 4 is 17.7 Å². The summed E-state index contributed by atoms with van der Waals surface area (Å²) < 4.78 is 0. The number of rotatable bonds is 15. The van der Waals surface area contributed by atoms with Crippen LogP contribution in [0.1, 0.15) is 115 Å². The third-order valence-corrected chi connectivity index (χ3v) is 9.92. The standard InChI is InChI=1S/C32H46O4S/c1-4-5-20-31(2,30(35)36)21-12-10-8-6-7-9-11-13-28-27-19-18-26(34)22-29(27)37-23-32(28,3)24-14-16-25(33)17-15-24/h14-19,22,28,33-34H,4-13,20-21,23H2,1-3H3,(H,35,36)/t28-,31?,32-/m1/s1. The van der Waals surface area contributed by atoms with Gasteiger partial charge in [0, 0.05) is 16.1 Å². The SMILES string of the molecule is CCCCC(C)(CCCCCCCCC[C@@H]1c2ccc(O)cc2SC[C@]1(C)c1ccc(O)cc1)C(=O)O. The molecule has 0 bridgehead atoms. The van der Waals surface area contributed by atoms with Crippen molar-refractivity contribution < 1.29 is 20.1 Å². The predicted octanol–water partition coefficient (Wildman–Crippen LogP) is 9.04. The molecule has 1 unspecified atom stereocenters. The van der Waals surface area contributed by atoms with Gasteiger partial charge < -0.3 is 15.3 Å². The van der Waals surface area contributed by atoms with Gasteiger partial charge in [0.25, 0.3) is 0 Å². The predicted molar refractivity (Wildman–Crippen MR) is 154 cm³/mol. The summed E-state index contributed by atoms with van der Waals surface area (Å²) in [5.74, 6) is 1.30. The molecule has 0 amide bonds. The number of carboxylic acid groups (broad SMARTS) is 1. The zero-order valence-corrected chi connectivity index (χ0v) is 23.8. The summed E-state index contributed by atoms with van der Waals surface area (Å²) >= 11 is 1.82. The number of phenols is 2. The van der Waals surface area contributed by atoms with Gasteiger partial charge in [0.05, 0.1) is 5.41 Å². The van der Waals surface area contributed by atoms with Crippen LogP contribution in [0.4, 0.5) is 0 Å².